The summed E-state index contributed by atoms with van der Waals surface area (Å²) in [4.78, 5) is 4.54. The van der Waals surface area contributed by atoms with Gasteiger partial charge < -0.3 is 5.43 Å². The Morgan fingerprint density at radius 2 is 1.90 bits per heavy atom. The van der Waals surface area contributed by atoms with Gasteiger partial charge in [0.2, 0.25) is 0 Å². The number of aromatic nitrogens is 1. The Balaban J connectivity index is 2.06. The van der Waals surface area contributed by atoms with E-state index < -0.39 is 0 Å². The molecule has 3 rings (SSSR count). The number of benzene rings is 2. The fourth-order valence-electron chi connectivity index (χ4n) is 2.39. The highest BCUT2D eigenvalue weighted by atomic mass is 35.5. The minimum Gasteiger partial charge on any atom is -0.308 e. The van der Waals surface area contributed by atoms with E-state index in [4.69, 9.17) is 17.4 Å². The standard InChI is InChI=1S/C17H16ClN3/c1-11-5-7-12(8-6-11)9-14-10-13-3-2-4-15(18)16(13)20-17(14)21-19/h2-8,10H,9,19H2,1H3,(H,20,21). The Morgan fingerprint density at radius 1 is 1.14 bits per heavy atom. The molecule has 0 fully saturated rings. The van der Waals surface area contributed by atoms with Gasteiger partial charge in [-0.2, -0.15) is 0 Å². The van der Waals surface area contributed by atoms with Crippen molar-refractivity contribution in [2.45, 2.75) is 13.3 Å². The Morgan fingerprint density at radius 3 is 2.62 bits per heavy atom. The van der Waals surface area contributed by atoms with E-state index in [1.807, 2.05) is 18.2 Å². The van der Waals surface area contributed by atoms with Crippen LogP contribution in [0.15, 0.2) is 48.5 Å². The number of para-hydroxylation sites is 1. The molecule has 3 nitrogen and oxygen atoms in total. The number of nitrogen functional groups attached to an aromatic ring is 1. The molecule has 1 aromatic heterocycles. The fraction of sp³-hybridized carbons (Fsp3) is 0.118. The lowest BCUT2D eigenvalue weighted by Gasteiger charge is -2.11. The van der Waals surface area contributed by atoms with Gasteiger partial charge in [-0.25, -0.2) is 10.8 Å². The zero-order chi connectivity index (χ0) is 14.8. The summed E-state index contributed by atoms with van der Waals surface area (Å²) in [5.41, 5.74) is 6.96. The van der Waals surface area contributed by atoms with Crippen LogP contribution in [0.5, 0.6) is 0 Å². The van der Waals surface area contributed by atoms with Crippen LogP contribution in [0, 0.1) is 6.92 Å². The maximum atomic E-state index is 6.18. The maximum Gasteiger partial charge on any atom is 0.144 e. The number of hydrogen-bond acceptors (Lipinski definition) is 3. The quantitative estimate of drug-likeness (QED) is 0.566. The van der Waals surface area contributed by atoms with Crippen molar-refractivity contribution in [1.82, 2.24) is 4.98 Å². The van der Waals surface area contributed by atoms with Crippen LogP contribution < -0.4 is 11.3 Å². The number of halogens is 1. The molecule has 0 spiro atoms. The van der Waals surface area contributed by atoms with E-state index in [9.17, 15) is 0 Å². The molecule has 1 heterocycles. The molecule has 3 N–H and O–H groups in total. The van der Waals surface area contributed by atoms with Gasteiger partial charge >= 0.3 is 0 Å². The van der Waals surface area contributed by atoms with Gasteiger partial charge in [-0.05, 0) is 24.6 Å². The van der Waals surface area contributed by atoms with Gasteiger partial charge in [0.1, 0.15) is 5.82 Å². The van der Waals surface area contributed by atoms with Gasteiger partial charge in [-0.15, -0.1) is 0 Å². The molecule has 106 valence electrons. The van der Waals surface area contributed by atoms with Crippen molar-refractivity contribution in [1.29, 1.82) is 0 Å². The zero-order valence-corrected chi connectivity index (χ0v) is 12.5. The summed E-state index contributed by atoms with van der Waals surface area (Å²) in [5, 5.41) is 1.65. The van der Waals surface area contributed by atoms with Gasteiger partial charge in [0.05, 0.1) is 10.5 Å². The van der Waals surface area contributed by atoms with E-state index in [0.717, 1.165) is 22.9 Å². The van der Waals surface area contributed by atoms with E-state index in [2.05, 4.69) is 47.7 Å². The van der Waals surface area contributed by atoms with Crippen LogP contribution in [0.2, 0.25) is 5.02 Å². The second-order valence-corrected chi connectivity index (χ2v) is 5.52. The first-order valence-corrected chi connectivity index (χ1v) is 7.15. The smallest absolute Gasteiger partial charge is 0.144 e. The molecule has 0 atom stereocenters. The summed E-state index contributed by atoms with van der Waals surface area (Å²) in [5.74, 6) is 6.28. The number of fused-ring (bicyclic) bond motifs is 1. The molecule has 0 aliphatic rings. The predicted octanol–water partition coefficient (Wildman–Crippen LogP) is 4.07. The summed E-state index contributed by atoms with van der Waals surface area (Å²) in [7, 11) is 0. The minimum absolute atomic E-state index is 0.630. The molecule has 21 heavy (non-hydrogen) atoms. The number of hydrazine groups is 1. The lowest BCUT2D eigenvalue weighted by Crippen LogP contribution is -2.11. The van der Waals surface area contributed by atoms with E-state index in [1.54, 1.807) is 0 Å². The van der Waals surface area contributed by atoms with Gasteiger partial charge in [-0.3, -0.25) is 0 Å². The molecule has 0 aliphatic heterocycles. The summed E-state index contributed by atoms with van der Waals surface area (Å²) >= 11 is 6.18. The lowest BCUT2D eigenvalue weighted by molar-refractivity contribution is 1.14. The Hall–Kier alpha value is -2.10. The third-order valence-electron chi connectivity index (χ3n) is 3.53. The fourth-order valence-corrected chi connectivity index (χ4v) is 2.62. The monoisotopic (exact) mass is 297 g/mol. The van der Waals surface area contributed by atoms with E-state index in [-0.39, 0.29) is 0 Å². The normalized spacial score (nSPS) is 10.8. The third kappa shape index (κ3) is 2.84. The summed E-state index contributed by atoms with van der Waals surface area (Å²) in [6, 6.07) is 16.3. The average Bonchev–Trinajstić information content (AvgIpc) is 2.49. The summed E-state index contributed by atoms with van der Waals surface area (Å²) in [6.45, 7) is 2.08. The van der Waals surface area contributed by atoms with Crippen molar-refractivity contribution in [3.8, 4) is 0 Å². The van der Waals surface area contributed by atoms with Crippen LogP contribution in [-0.2, 0) is 6.42 Å². The van der Waals surface area contributed by atoms with Crippen LogP contribution in [0.4, 0.5) is 5.82 Å². The number of nitrogens with two attached hydrogens (primary N) is 1. The van der Waals surface area contributed by atoms with Gasteiger partial charge in [-0.1, -0.05) is 53.6 Å². The van der Waals surface area contributed by atoms with E-state index >= 15 is 0 Å². The number of hydrogen-bond donors (Lipinski definition) is 2. The molecule has 3 aromatic rings. The van der Waals surface area contributed by atoms with Crippen LogP contribution in [-0.4, -0.2) is 4.98 Å². The first-order valence-electron chi connectivity index (χ1n) is 6.77. The highest BCUT2D eigenvalue weighted by Gasteiger charge is 2.09. The second kappa shape index (κ2) is 5.72. The van der Waals surface area contributed by atoms with Crippen molar-refractivity contribution >= 4 is 28.3 Å². The SMILES string of the molecule is Cc1ccc(Cc2cc3cccc(Cl)c3nc2NN)cc1. The number of pyridine rings is 1. The Bertz CT molecular complexity index is 782. The van der Waals surface area contributed by atoms with Crippen molar-refractivity contribution in [2.24, 2.45) is 5.84 Å². The van der Waals surface area contributed by atoms with Gasteiger partial charge in [0.15, 0.2) is 0 Å². The van der Waals surface area contributed by atoms with Crippen molar-refractivity contribution in [2.75, 3.05) is 5.43 Å². The van der Waals surface area contributed by atoms with Crippen molar-refractivity contribution < 1.29 is 0 Å². The van der Waals surface area contributed by atoms with Crippen LogP contribution in [0.3, 0.4) is 0 Å². The molecule has 4 heteroatoms. The molecular weight excluding hydrogens is 282 g/mol. The van der Waals surface area contributed by atoms with Crippen LogP contribution in [0.25, 0.3) is 10.9 Å². The Kier molecular flexibility index (Phi) is 3.78. The molecule has 0 bridgehead atoms. The minimum atomic E-state index is 0.630. The summed E-state index contributed by atoms with van der Waals surface area (Å²) < 4.78 is 0. The number of nitrogens with one attached hydrogen (secondary N) is 1. The van der Waals surface area contributed by atoms with Crippen molar-refractivity contribution in [3.05, 3.63) is 70.2 Å². The summed E-state index contributed by atoms with van der Waals surface area (Å²) in [6.07, 6.45) is 0.773. The molecule has 0 saturated heterocycles. The van der Waals surface area contributed by atoms with Gasteiger partial charge in [0.25, 0.3) is 0 Å². The highest BCUT2D eigenvalue weighted by molar-refractivity contribution is 6.35. The first-order chi connectivity index (χ1) is 10.2. The molecule has 0 radical (unpaired) electrons. The van der Waals surface area contributed by atoms with E-state index in [1.165, 1.54) is 11.1 Å². The number of nitrogens with zero attached hydrogens (tertiary/aromatic N) is 1. The zero-order valence-electron chi connectivity index (χ0n) is 11.7. The largest absolute Gasteiger partial charge is 0.308 e. The highest BCUT2D eigenvalue weighted by Crippen LogP contribution is 2.27. The number of rotatable bonds is 3. The topological polar surface area (TPSA) is 50.9 Å². The average molecular weight is 298 g/mol. The van der Waals surface area contributed by atoms with Crippen LogP contribution in [0.1, 0.15) is 16.7 Å². The van der Waals surface area contributed by atoms with Gasteiger partial charge in [0, 0.05) is 17.4 Å². The maximum absolute atomic E-state index is 6.18. The Labute approximate surface area is 128 Å². The lowest BCUT2D eigenvalue weighted by atomic mass is 10.0. The number of anilines is 1. The molecule has 2 aromatic carbocycles. The number of aryl methyl sites for hydroxylation is 1. The van der Waals surface area contributed by atoms with Crippen LogP contribution >= 0.6 is 11.6 Å². The third-order valence-corrected chi connectivity index (χ3v) is 3.83. The molecule has 0 aliphatic carbocycles. The molecule has 0 saturated carbocycles. The molecule has 0 unspecified atom stereocenters. The second-order valence-electron chi connectivity index (χ2n) is 5.11. The molecule has 0 amide bonds. The predicted molar refractivity (Wildman–Crippen MR) is 88.5 cm³/mol. The van der Waals surface area contributed by atoms with E-state index in [0.29, 0.717) is 10.8 Å². The first kappa shape index (κ1) is 13.9. The van der Waals surface area contributed by atoms with Crippen molar-refractivity contribution in [3.63, 3.8) is 0 Å². The molecular formula is C17H16ClN3.